The van der Waals surface area contributed by atoms with Gasteiger partial charge in [0.05, 0.1) is 0 Å². The van der Waals surface area contributed by atoms with E-state index in [1.54, 1.807) is 6.33 Å². The van der Waals surface area contributed by atoms with Crippen molar-refractivity contribution in [2.45, 2.75) is 46.1 Å². The molecule has 0 spiro atoms. The van der Waals surface area contributed by atoms with Crippen LogP contribution in [0, 0.1) is 5.92 Å². The van der Waals surface area contributed by atoms with Crippen molar-refractivity contribution in [2.75, 3.05) is 5.73 Å². The molecule has 0 aliphatic heterocycles. The first-order chi connectivity index (χ1) is 6.76. The Hall–Kier alpha value is -1.06. The zero-order chi connectivity index (χ0) is 10.4. The van der Waals surface area contributed by atoms with Gasteiger partial charge in [0.2, 0.25) is 5.95 Å². The average Bonchev–Trinajstić information content (AvgIpc) is 2.58. The highest BCUT2D eigenvalue weighted by molar-refractivity contribution is 5.09. The van der Waals surface area contributed by atoms with Crippen LogP contribution >= 0.6 is 0 Å². The third kappa shape index (κ3) is 3.36. The van der Waals surface area contributed by atoms with Gasteiger partial charge in [-0.1, -0.05) is 33.1 Å². The number of anilines is 1. The van der Waals surface area contributed by atoms with Crippen LogP contribution in [0.15, 0.2) is 6.33 Å². The lowest BCUT2D eigenvalue weighted by molar-refractivity contribution is 0.372. The Morgan fingerprint density at radius 3 is 2.79 bits per heavy atom. The number of nitrogen functional groups attached to an aromatic ring is 1. The molecule has 1 heterocycles. The predicted molar refractivity (Wildman–Crippen MR) is 57.7 cm³/mol. The van der Waals surface area contributed by atoms with Gasteiger partial charge < -0.3 is 5.73 Å². The summed E-state index contributed by atoms with van der Waals surface area (Å²) < 4.78 is 1.85. The Bertz CT molecular complexity index is 256. The van der Waals surface area contributed by atoms with Crippen LogP contribution in [-0.2, 0) is 6.54 Å². The molecule has 4 heteroatoms. The molecule has 1 rings (SSSR count). The maximum absolute atomic E-state index is 5.45. The van der Waals surface area contributed by atoms with Gasteiger partial charge in [0.25, 0.3) is 0 Å². The smallest absolute Gasteiger partial charge is 0.239 e. The van der Waals surface area contributed by atoms with Crippen LogP contribution in [0.1, 0.15) is 39.5 Å². The number of rotatable bonds is 6. The third-order valence-electron chi connectivity index (χ3n) is 2.54. The summed E-state index contributed by atoms with van der Waals surface area (Å²) in [5.74, 6) is 1.08. The van der Waals surface area contributed by atoms with E-state index in [1.165, 1.54) is 25.7 Å². The minimum absolute atomic E-state index is 0.371. The molecule has 1 atom stereocenters. The number of hydrogen-bond donors (Lipinski definition) is 1. The van der Waals surface area contributed by atoms with Crippen molar-refractivity contribution in [2.24, 2.45) is 5.92 Å². The fourth-order valence-electron chi connectivity index (χ4n) is 1.58. The monoisotopic (exact) mass is 196 g/mol. The zero-order valence-corrected chi connectivity index (χ0v) is 9.11. The Kier molecular flexibility index (Phi) is 4.43. The maximum Gasteiger partial charge on any atom is 0.239 e. The lowest BCUT2D eigenvalue weighted by Gasteiger charge is -2.13. The molecule has 4 nitrogen and oxygen atoms in total. The van der Waals surface area contributed by atoms with Crippen molar-refractivity contribution in [3.63, 3.8) is 0 Å². The quantitative estimate of drug-likeness (QED) is 0.757. The van der Waals surface area contributed by atoms with Crippen LogP contribution in [0.4, 0.5) is 5.95 Å². The van der Waals surface area contributed by atoms with E-state index in [-0.39, 0.29) is 0 Å². The van der Waals surface area contributed by atoms with E-state index < -0.39 is 0 Å². The van der Waals surface area contributed by atoms with Gasteiger partial charge in [0.1, 0.15) is 6.33 Å². The van der Waals surface area contributed by atoms with E-state index in [2.05, 4.69) is 23.9 Å². The van der Waals surface area contributed by atoms with Crippen molar-refractivity contribution in [3.8, 4) is 0 Å². The van der Waals surface area contributed by atoms with Crippen molar-refractivity contribution < 1.29 is 0 Å². The summed E-state index contributed by atoms with van der Waals surface area (Å²) in [5.41, 5.74) is 5.45. The van der Waals surface area contributed by atoms with Crippen molar-refractivity contribution in [1.82, 2.24) is 14.8 Å². The van der Waals surface area contributed by atoms with Crippen LogP contribution in [0.25, 0.3) is 0 Å². The highest BCUT2D eigenvalue weighted by Gasteiger charge is 2.07. The minimum Gasteiger partial charge on any atom is -0.367 e. The normalized spacial score (nSPS) is 13.0. The van der Waals surface area contributed by atoms with Gasteiger partial charge in [-0.2, -0.15) is 0 Å². The highest BCUT2D eigenvalue weighted by Crippen LogP contribution is 2.14. The molecule has 0 amide bonds. The predicted octanol–water partition coefficient (Wildman–Crippen LogP) is 2.08. The van der Waals surface area contributed by atoms with Gasteiger partial charge in [-0.3, -0.25) is 4.68 Å². The Morgan fingerprint density at radius 1 is 1.50 bits per heavy atom. The van der Waals surface area contributed by atoms with E-state index in [0.717, 1.165) is 6.54 Å². The number of hydrogen-bond acceptors (Lipinski definition) is 3. The Labute approximate surface area is 85.5 Å². The van der Waals surface area contributed by atoms with E-state index in [9.17, 15) is 0 Å². The van der Waals surface area contributed by atoms with E-state index in [0.29, 0.717) is 11.9 Å². The molecule has 2 N–H and O–H groups in total. The van der Waals surface area contributed by atoms with E-state index >= 15 is 0 Å². The van der Waals surface area contributed by atoms with E-state index in [1.807, 2.05) is 4.68 Å². The summed E-state index contributed by atoms with van der Waals surface area (Å²) in [6, 6.07) is 0. The van der Waals surface area contributed by atoms with Gasteiger partial charge >= 0.3 is 0 Å². The van der Waals surface area contributed by atoms with Crippen molar-refractivity contribution in [1.29, 1.82) is 0 Å². The molecule has 1 aromatic heterocycles. The molecule has 0 unspecified atom stereocenters. The molecule has 14 heavy (non-hydrogen) atoms. The van der Waals surface area contributed by atoms with Crippen molar-refractivity contribution >= 4 is 5.95 Å². The largest absolute Gasteiger partial charge is 0.367 e. The lowest BCUT2D eigenvalue weighted by atomic mass is 10.00. The summed E-state index contributed by atoms with van der Waals surface area (Å²) in [6.07, 6.45) is 6.73. The second-order valence-corrected chi connectivity index (χ2v) is 3.74. The number of unbranched alkanes of at least 4 members (excludes halogenated alkanes) is 1. The molecule has 0 aromatic carbocycles. The summed E-state index contributed by atoms with van der Waals surface area (Å²) in [7, 11) is 0. The SMILES string of the molecule is CCCC[C@H](CC)Cn1cnc(N)n1. The topological polar surface area (TPSA) is 56.7 Å². The number of aromatic nitrogens is 3. The molecule has 0 bridgehead atoms. The molecule has 0 aliphatic rings. The molecule has 0 saturated carbocycles. The van der Waals surface area contributed by atoms with Crippen LogP contribution in [0.2, 0.25) is 0 Å². The standard InChI is InChI=1S/C10H20N4/c1-3-5-6-9(4-2)7-14-8-12-10(11)13-14/h8-9H,3-7H2,1-2H3,(H2,11,13)/t9-/m0/s1. The van der Waals surface area contributed by atoms with Gasteiger partial charge in [0, 0.05) is 6.54 Å². The molecule has 0 aliphatic carbocycles. The average molecular weight is 196 g/mol. The molecule has 0 saturated heterocycles. The second-order valence-electron chi connectivity index (χ2n) is 3.74. The Balaban J connectivity index is 2.40. The van der Waals surface area contributed by atoms with E-state index in [4.69, 9.17) is 5.73 Å². The first-order valence-corrected chi connectivity index (χ1v) is 5.41. The number of nitrogens with zero attached hydrogens (tertiary/aromatic N) is 3. The highest BCUT2D eigenvalue weighted by atomic mass is 15.4. The molecule has 0 radical (unpaired) electrons. The van der Waals surface area contributed by atoms with Crippen LogP contribution in [0.5, 0.6) is 0 Å². The van der Waals surface area contributed by atoms with Gasteiger partial charge in [-0.15, -0.1) is 5.10 Å². The molecule has 80 valence electrons. The zero-order valence-electron chi connectivity index (χ0n) is 9.11. The summed E-state index contributed by atoms with van der Waals surface area (Å²) >= 11 is 0. The minimum atomic E-state index is 0.371. The summed E-state index contributed by atoms with van der Waals surface area (Å²) in [6.45, 7) is 5.39. The van der Waals surface area contributed by atoms with Crippen LogP contribution in [0.3, 0.4) is 0 Å². The molecular weight excluding hydrogens is 176 g/mol. The van der Waals surface area contributed by atoms with Crippen LogP contribution in [-0.4, -0.2) is 14.8 Å². The first kappa shape index (κ1) is 11.0. The van der Waals surface area contributed by atoms with Gasteiger partial charge in [-0.25, -0.2) is 4.98 Å². The fourth-order valence-corrected chi connectivity index (χ4v) is 1.58. The van der Waals surface area contributed by atoms with Crippen molar-refractivity contribution in [3.05, 3.63) is 6.33 Å². The first-order valence-electron chi connectivity index (χ1n) is 5.41. The van der Waals surface area contributed by atoms with Gasteiger partial charge in [0.15, 0.2) is 0 Å². The summed E-state index contributed by atoms with van der Waals surface area (Å²) in [5, 5.41) is 4.09. The molecular formula is C10H20N4. The summed E-state index contributed by atoms with van der Waals surface area (Å²) in [4.78, 5) is 3.91. The van der Waals surface area contributed by atoms with Gasteiger partial charge in [-0.05, 0) is 12.3 Å². The van der Waals surface area contributed by atoms with Crippen LogP contribution < -0.4 is 5.73 Å². The lowest BCUT2D eigenvalue weighted by Crippen LogP contribution is -2.10. The third-order valence-corrected chi connectivity index (χ3v) is 2.54. The molecule has 0 fully saturated rings. The maximum atomic E-state index is 5.45. The Morgan fingerprint density at radius 2 is 2.29 bits per heavy atom. The number of nitrogens with two attached hydrogens (primary N) is 1. The fraction of sp³-hybridized carbons (Fsp3) is 0.800. The second kappa shape index (κ2) is 5.62. The molecule has 1 aromatic rings.